The maximum absolute atomic E-state index is 12.5. The molecule has 24 heavy (non-hydrogen) atoms. The third kappa shape index (κ3) is 3.25. The van der Waals surface area contributed by atoms with Crippen molar-refractivity contribution in [3.8, 4) is 0 Å². The largest absolute Gasteiger partial charge is 0.328 e. The molecule has 0 N–H and O–H groups in total. The number of carbonyl (C=O) groups is 1. The molecule has 0 saturated carbocycles. The van der Waals surface area contributed by atoms with Crippen molar-refractivity contribution in [1.29, 1.82) is 0 Å². The van der Waals surface area contributed by atoms with Crippen molar-refractivity contribution >= 4 is 23.1 Å². The maximum Gasteiger partial charge on any atom is 0.278 e. The number of hydrogen-bond acceptors (Lipinski definition) is 4. The first-order valence-electron chi connectivity index (χ1n) is 7.62. The zero-order chi connectivity index (χ0) is 16.9. The molecule has 0 spiro atoms. The highest BCUT2D eigenvalue weighted by Gasteiger charge is 2.16. The number of para-hydroxylation sites is 2. The van der Waals surface area contributed by atoms with Gasteiger partial charge in [-0.05, 0) is 36.4 Å². The average molecular weight is 318 g/mol. The zero-order valence-electron chi connectivity index (χ0n) is 13.6. The van der Waals surface area contributed by atoms with Gasteiger partial charge in [0, 0.05) is 25.5 Å². The average Bonchev–Trinajstić information content (AvgIpc) is 2.68. The Bertz CT molecular complexity index is 804. The highest BCUT2D eigenvalue weighted by atomic mass is 16.2. The van der Waals surface area contributed by atoms with Crippen molar-refractivity contribution in [2.24, 2.45) is 0 Å². The highest BCUT2D eigenvalue weighted by molar-refractivity contribution is 6.04. The van der Waals surface area contributed by atoms with Gasteiger partial charge in [-0.1, -0.05) is 36.4 Å². The molecule has 1 heterocycles. The molecular formula is C19H18N4O. The molecule has 0 aliphatic heterocycles. The van der Waals surface area contributed by atoms with Gasteiger partial charge in [-0.15, -0.1) is 10.2 Å². The lowest BCUT2D eigenvalue weighted by Gasteiger charge is -2.19. The van der Waals surface area contributed by atoms with Crippen LogP contribution in [0.2, 0.25) is 0 Å². The van der Waals surface area contributed by atoms with Crippen LogP contribution < -0.4 is 9.80 Å². The number of amides is 1. The Balaban J connectivity index is 1.78. The summed E-state index contributed by atoms with van der Waals surface area (Å²) >= 11 is 0. The maximum atomic E-state index is 12.5. The molecule has 3 rings (SSSR count). The number of anilines is 3. The van der Waals surface area contributed by atoms with Gasteiger partial charge in [0.05, 0.1) is 0 Å². The predicted octanol–water partition coefficient (Wildman–Crippen LogP) is 3.52. The van der Waals surface area contributed by atoms with Crippen molar-refractivity contribution in [2.45, 2.75) is 0 Å². The van der Waals surface area contributed by atoms with E-state index in [-0.39, 0.29) is 5.91 Å². The number of rotatable bonds is 4. The Morgan fingerprint density at radius 2 is 1.33 bits per heavy atom. The lowest BCUT2D eigenvalue weighted by atomic mass is 10.2. The van der Waals surface area contributed by atoms with E-state index >= 15 is 0 Å². The topological polar surface area (TPSA) is 49.3 Å². The van der Waals surface area contributed by atoms with Gasteiger partial charge in [-0.2, -0.15) is 0 Å². The van der Waals surface area contributed by atoms with Crippen LogP contribution in [0.15, 0.2) is 72.8 Å². The van der Waals surface area contributed by atoms with E-state index in [2.05, 4.69) is 10.2 Å². The van der Waals surface area contributed by atoms with Gasteiger partial charge in [-0.25, -0.2) is 0 Å². The molecule has 0 unspecified atom stereocenters. The van der Waals surface area contributed by atoms with Gasteiger partial charge in [0.1, 0.15) is 0 Å². The van der Waals surface area contributed by atoms with Gasteiger partial charge in [0.25, 0.3) is 5.91 Å². The SMILES string of the molecule is CN(C(=O)c1ccc(N(C)c2ccccc2)nn1)c1ccccc1. The fraction of sp³-hybridized carbons (Fsp3) is 0.105. The number of carbonyl (C=O) groups excluding carboxylic acids is 1. The van der Waals surface area contributed by atoms with Crippen molar-refractivity contribution in [1.82, 2.24) is 10.2 Å². The fourth-order valence-corrected chi connectivity index (χ4v) is 2.34. The second-order valence-electron chi connectivity index (χ2n) is 5.37. The molecule has 0 atom stereocenters. The quantitative estimate of drug-likeness (QED) is 0.738. The summed E-state index contributed by atoms with van der Waals surface area (Å²) in [7, 11) is 3.64. The van der Waals surface area contributed by atoms with E-state index in [1.165, 1.54) is 0 Å². The van der Waals surface area contributed by atoms with Crippen LogP contribution in [0.1, 0.15) is 10.5 Å². The fourth-order valence-electron chi connectivity index (χ4n) is 2.34. The summed E-state index contributed by atoms with van der Waals surface area (Å²) in [5.41, 5.74) is 2.13. The molecule has 0 aliphatic rings. The van der Waals surface area contributed by atoms with Crippen molar-refractivity contribution in [2.75, 3.05) is 23.9 Å². The summed E-state index contributed by atoms with van der Waals surface area (Å²) in [5.74, 6) is 0.489. The molecule has 1 amide bonds. The lowest BCUT2D eigenvalue weighted by Crippen LogP contribution is -2.27. The Kier molecular flexibility index (Phi) is 4.52. The normalized spacial score (nSPS) is 10.2. The molecule has 0 bridgehead atoms. The van der Waals surface area contributed by atoms with Gasteiger partial charge in [0.15, 0.2) is 11.5 Å². The lowest BCUT2D eigenvalue weighted by molar-refractivity contribution is 0.0987. The molecule has 1 aromatic heterocycles. The summed E-state index contributed by atoms with van der Waals surface area (Å²) < 4.78 is 0. The second-order valence-corrected chi connectivity index (χ2v) is 5.37. The van der Waals surface area contributed by atoms with Crippen LogP contribution in [0, 0.1) is 0 Å². The Morgan fingerprint density at radius 1 is 0.750 bits per heavy atom. The minimum atomic E-state index is -0.192. The first-order valence-corrected chi connectivity index (χ1v) is 7.62. The Labute approximate surface area is 141 Å². The van der Waals surface area contributed by atoms with Crippen LogP contribution in [0.25, 0.3) is 0 Å². The van der Waals surface area contributed by atoms with Crippen molar-refractivity contribution < 1.29 is 4.79 Å². The third-order valence-electron chi connectivity index (χ3n) is 3.80. The van der Waals surface area contributed by atoms with Crippen molar-refractivity contribution in [3.05, 3.63) is 78.5 Å². The minimum Gasteiger partial charge on any atom is -0.328 e. The minimum absolute atomic E-state index is 0.192. The predicted molar refractivity (Wildman–Crippen MR) is 95.7 cm³/mol. The number of benzene rings is 2. The van der Waals surface area contributed by atoms with E-state index in [0.717, 1.165) is 11.4 Å². The van der Waals surface area contributed by atoms with Gasteiger partial charge < -0.3 is 9.80 Å². The van der Waals surface area contributed by atoms with Crippen LogP contribution in [-0.4, -0.2) is 30.2 Å². The van der Waals surface area contributed by atoms with Gasteiger partial charge >= 0.3 is 0 Å². The molecule has 2 aromatic carbocycles. The third-order valence-corrected chi connectivity index (χ3v) is 3.80. The smallest absolute Gasteiger partial charge is 0.278 e. The monoisotopic (exact) mass is 318 g/mol. The summed E-state index contributed by atoms with van der Waals surface area (Å²) in [6, 6.07) is 22.8. The van der Waals surface area contributed by atoms with E-state index in [1.807, 2.05) is 72.6 Å². The van der Waals surface area contributed by atoms with E-state index in [1.54, 1.807) is 24.1 Å². The summed E-state index contributed by atoms with van der Waals surface area (Å²) in [6.45, 7) is 0. The molecule has 5 nitrogen and oxygen atoms in total. The number of aromatic nitrogens is 2. The summed E-state index contributed by atoms with van der Waals surface area (Å²) in [5, 5.41) is 8.27. The van der Waals surface area contributed by atoms with Crippen LogP contribution >= 0.6 is 0 Å². The first kappa shape index (κ1) is 15.7. The van der Waals surface area contributed by atoms with E-state index in [9.17, 15) is 4.79 Å². The first-order chi connectivity index (χ1) is 11.7. The second kappa shape index (κ2) is 6.91. The van der Waals surface area contributed by atoms with Crippen molar-refractivity contribution in [3.63, 3.8) is 0 Å². The summed E-state index contributed by atoms with van der Waals surface area (Å²) in [4.78, 5) is 16.0. The molecule has 0 saturated heterocycles. The zero-order valence-corrected chi connectivity index (χ0v) is 13.6. The highest BCUT2D eigenvalue weighted by Crippen LogP contribution is 2.21. The Hall–Kier alpha value is -3.21. The van der Waals surface area contributed by atoms with Crippen LogP contribution in [0.5, 0.6) is 0 Å². The number of hydrogen-bond donors (Lipinski definition) is 0. The molecule has 120 valence electrons. The van der Waals surface area contributed by atoms with E-state index in [4.69, 9.17) is 0 Å². The van der Waals surface area contributed by atoms with E-state index in [0.29, 0.717) is 11.5 Å². The van der Waals surface area contributed by atoms with Gasteiger partial charge in [0.2, 0.25) is 0 Å². The number of nitrogens with zero attached hydrogens (tertiary/aromatic N) is 4. The molecular weight excluding hydrogens is 300 g/mol. The molecule has 0 fully saturated rings. The van der Waals surface area contributed by atoms with Gasteiger partial charge in [-0.3, -0.25) is 4.79 Å². The molecule has 3 aromatic rings. The Morgan fingerprint density at radius 3 is 1.88 bits per heavy atom. The summed E-state index contributed by atoms with van der Waals surface area (Å²) in [6.07, 6.45) is 0. The van der Waals surface area contributed by atoms with Crippen LogP contribution in [-0.2, 0) is 0 Å². The molecule has 0 aliphatic carbocycles. The van der Waals surface area contributed by atoms with Crippen LogP contribution in [0.4, 0.5) is 17.2 Å². The van der Waals surface area contributed by atoms with Crippen LogP contribution in [0.3, 0.4) is 0 Å². The molecule has 5 heteroatoms. The standard InChI is InChI=1S/C19H18N4O/c1-22(15-9-5-3-6-10-15)18-14-13-17(20-21-18)19(24)23(2)16-11-7-4-8-12-16/h3-14H,1-2H3. The van der Waals surface area contributed by atoms with E-state index < -0.39 is 0 Å². The molecule has 0 radical (unpaired) electrons.